The molecule has 0 aliphatic carbocycles. The van der Waals surface area contributed by atoms with Crippen LogP contribution in [0.15, 0.2) is 94.8 Å². The van der Waals surface area contributed by atoms with Crippen molar-refractivity contribution in [2.75, 3.05) is 145 Å². The van der Waals surface area contributed by atoms with E-state index in [9.17, 15) is 19.2 Å². The fourth-order valence-corrected chi connectivity index (χ4v) is 9.90. The quantitative estimate of drug-likeness (QED) is 0.141. The van der Waals surface area contributed by atoms with Crippen LogP contribution in [0.25, 0.3) is 22.1 Å². The molecule has 22 heteroatoms. The Bertz CT molecular complexity index is 3130. The molecule has 0 spiro atoms. The van der Waals surface area contributed by atoms with Crippen LogP contribution in [0, 0.1) is 0 Å². The van der Waals surface area contributed by atoms with E-state index in [1.54, 1.807) is 55.6 Å². The van der Waals surface area contributed by atoms with E-state index in [-0.39, 0.29) is 23.3 Å². The molecule has 0 radical (unpaired) electrons. The zero-order valence-electron chi connectivity index (χ0n) is 47.0. The summed E-state index contributed by atoms with van der Waals surface area (Å²) in [4.78, 5) is 83.9. The Balaban J connectivity index is 0.000000192. The lowest BCUT2D eigenvalue weighted by atomic mass is 10.2. The molecule has 4 aliphatic rings. The van der Waals surface area contributed by atoms with Gasteiger partial charge in [0, 0.05) is 189 Å². The number of rotatable bonds is 12. The van der Waals surface area contributed by atoms with E-state index >= 15 is 0 Å². The number of carbonyl (C=O) groups is 2. The van der Waals surface area contributed by atoms with Crippen LogP contribution in [0.2, 0.25) is 0 Å². The number of hydrogen-bond donors (Lipinski definition) is 3. The lowest BCUT2D eigenvalue weighted by Gasteiger charge is -2.35. The summed E-state index contributed by atoms with van der Waals surface area (Å²) >= 11 is 0. The number of pyridine rings is 2. The van der Waals surface area contributed by atoms with Crippen molar-refractivity contribution in [2.45, 2.75) is 65.8 Å². The van der Waals surface area contributed by atoms with Crippen LogP contribution in [0.5, 0.6) is 0 Å². The molecule has 422 valence electrons. The van der Waals surface area contributed by atoms with Crippen LogP contribution >= 0.6 is 0 Å². The molecule has 4 aliphatic heterocycles. The third kappa shape index (κ3) is 15.5. The number of hydrogen-bond acceptors (Lipinski definition) is 18. The minimum absolute atomic E-state index is 0.0962. The van der Waals surface area contributed by atoms with Crippen molar-refractivity contribution < 1.29 is 19.1 Å². The van der Waals surface area contributed by atoms with Gasteiger partial charge in [-0.05, 0) is 109 Å². The van der Waals surface area contributed by atoms with Crippen molar-refractivity contribution in [3.05, 3.63) is 106 Å². The van der Waals surface area contributed by atoms with E-state index in [1.165, 1.54) is 11.4 Å². The first-order chi connectivity index (χ1) is 37.9. The lowest BCUT2D eigenvalue weighted by Crippen LogP contribution is -2.50. The average molecular weight is 1080 g/mol. The molecule has 2 amide bonds. The molecule has 3 N–H and O–H groups in total. The van der Waals surface area contributed by atoms with Gasteiger partial charge in [0.25, 0.3) is 11.1 Å². The van der Waals surface area contributed by atoms with Gasteiger partial charge in [0.05, 0.1) is 0 Å². The third-order valence-corrected chi connectivity index (χ3v) is 14.4. The number of amides is 2. The Morgan fingerprint density at radius 1 is 0.506 bits per heavy atom. The first-order valence-electron chi connectivity index (χ1n) is 27.7. The molecule has 22 nitrogen and oxygen atoms in total. The smallest absolute Gasteiger partial charge is 0.410 e. The molecule has 8 heterocycles. The van der Waals surface area contributed by atoms with Gasteiger partial charge in [0.2, 0.25) is 11.9 Å². The summed E-state index contributed by atoms with van der Waals surface area (Å²) in [5.41, 5.74) is 4.19. The number of ether oxygens (including phenoxy) is 2. The molecule has 4 aromatic heterocycles. The van der Waals surface area contributed by atoms with Gasteiger partial charge in [0.15, 0.2) is 0 Å². The monoisotopic (exact) mass is 1080 g/mol. The van der Waals surface area contributed by atoms with E-state index in [0.717, 1.165) is 101 Å². The van der Waals surface area contributed by atoms with Crippen LogP contribution in [-0.4, -0.2) is 202 Å². The highest BCUT2D eigenvalue weighted by atomic mass is 16.6. The molecule has 0 saturated carbocycles. The third-order valence-electron chi connectivity index (χ3n) is 14.4. The number of anilines is 6. The SMILES string of the molecule is CC(C)(C)OC(=O)N1CCN(CCn2c(=O)ccc3cnc(Nc4ccc(N5CCNCC5)cc4)nc32)CC1.CN1CCN(c2ccc(Nc3ncc4ccc(=O)n(CCN5CCN(C(=O)OC(C)(C)C)CC5)c4n3)cc2)CC1. The van der Waals surface area contributed by atoms with Gasteiger partial charge >= 0.3 is 12.2 Å². The Kier molecular flexibility index (Phi) is 17.9. The molecular formula is C57H78N16O6. The van der Waals surface area contributed by atoms with E-state index in [1.807, 2.05) is 65.8 Å². The van der Waals surface area contributed by atoms with Crippen molar-refractivity contribution in [1.82, 2.24) is 58.9 Å². The molecule has 2 aromatic carbocycles. The summed E-state index contributed by atoms with van der Waals surface area (Å²) in [6.45, 7) is 27.1. The van der Waals surface area contributed by atoms with Gasteiger partial charge in [-0.2, -0.15) is 9.97 Å². The minimum Gasteiger partial charge on any atom is -0.444 e. The Morgan fingerprint density at radius 2 is 0.899 bits per heavy atom. The predicted octanol–water partition coefficient (Wildman–Crippen LogP) is 5.34. The number of benzene rings is 2. The van der Waals surface area contributed by atoms with Gasteiger partial charge < -0.3 is 49.9 Å². The zero-order valence-corrected chi connectivity index (χ0v) is 47.0. The van der Waals surface area contributed by atoms with E-state index < -0.39 is 11.2 Å². The normalized spacial score (nSPS) is 17.1. The summed E-state index contributed by atoms with van der Waals surface area (Å²) in [7, 11) is 2.16. The molecule has 79 heavy (non-hydrogen) atoms. The fourth-order valence-electron chi connectivity index (χ4n) is 9.90. The Labute approximate surface area is 462 Å². The molecule has 6 aromatic rings. The highest BCUT2D eigenvalue weighted by Crippen LogP contribution is 2.24. The molecule has 0 bridgehead atoms. The van der Waals surface area contributed by atoms with Crippen molar-refractivity contribution in [3.63, 3.8) is 0 Å². The molecule has 4 fully saturated rings. The maximum Gasteiger partial charge on any atom is 0.410 e. The fraction of sp³-hybridized carbons (Fsp3) is 0.509. The molecule has 4 saturated heterocycles. The van der Waals surface area contributed by atoms with Gasteiger partial charge in [0.1, 0.15) is 22.5 Å². The second-order valence-electron chi connectivity index (χ2n) is 22.6. The summed E-state index contributed by atoms with van der Waals surface area (Å²) in [6, 6.07) is 23.2. The maximum atomic E-state index is 12.8. The number of nitrogens with zero attached hydrogens (tertiary/aromatic N) is 13. The number of carbonyl (C=O) groups excluding carboxylic acids is 2. The van der Waals surface area contributed by atoms with Crippen LogP contribution < -0.4 is 36.9 Å². The second-order valence-corrected chi connectivity index (χ2v) is 22.6. The highest BCUT2D eigenvalue weighted by Gasteiger charge is 2.28. The van der Waals surface area contributed by atoms with E-state index in [2.05, 4.69) is 81.7 Å². The summed E-state index contributed by atoms with van der Waals surface area (Å²) < 4.78 is 14.4. The van der Waals surface area contributed by atoms with Crippen LogP contribution in [-0.2, 0) is 22.6 Å². The van der Waals surface area contributed by atoms with E-state index in [4.69, 9.17) is 19.4 Å². The van der Waals surface area contributed by atoms with Crippen LogP contribution in [0.3, 0.4) is 0 Å². The lowest BCUT2D eigenvalue weighted by molar-refractivity contribution is 0.0133. The van der Waals surface area contributed by atoms with Gasteiger partial charge in [-0.3, -0.25) is 28.5 Å². The van der Waals surface area contributed by atoms with Crippen molar-refractivity contribution in [3.8, 4) is 0 Å². The van der Waals surface area contributed by atoms with E-state index in [0.29, 0.717) is 75.5 Å². The first kappa shape index (κ1) is 56.3. The topological polar surface area (TPSA) is 207 Å². The van der Waals surface area contributed by atoms with Crippen molar-refractivity contribution in [2.24, 2.45) is 0 Å². The Hall–Kier alpha value is -7.40. The highest BCUT2D eigenvalue weighted by molar-refractivity contribution is 5.77. The molecule has 0 atom stereocenters. The summed E-state index contributed by atoms with van der Waals surface area (Å²) in [6.07, 6.45) is 2.94. The first-order valence-corrected chi connectivity index (χ1v) is 27.7. The Morgan fingerprint density at radius 3 is 1.29 bits per heavy atom. The summed E-state index contributed by atoms with van der Waals surface area (Å²) in [5.74, 6) is 0.896. The average Bonchev–Trinajstić information content (AvgIpc) is 3.48. The van der Waals surface area contributed by atoms with Gasteiger partial charge in [-0.1, -0.05) is 0 Å². The molecule has 0 unspecified atom stereocenters. The second kappa shape index (κ2) is 25.2. The molecular weight excluding hydrogens is 1000 g/mol. The minimum atomic E-state index is -0.507. The number of fused-ring (bicyclic) bond motifs is 2. The largest absolute Gasteiger partial charge is 0.444 e. The van der Waals surface area contributed by atoms with Gasteiger partial charge in [-0.25, -0.2) is 19.6 Å². The number of nitrogens with one attached hydrogen (secondary N) is 3. The number of piperazine rings is 4. The molecule has 10 rings (SSSR count). The van der Waals surface area contributed by atoms with Crippen LogP contribution in [0.1, 0.15) is 41.5 Å². The predicted molar refractivity (Wildman–Crippen MR) is 310 cm³/mol. The van der Waals surface area contributed by atoms with Crippen molar-refractivity contribution >= 4 is 68.9 Å². The number of likely N-dealkylation sites (N-methyl/N-ethyl adjacent to an activating group) is 1. The van der Waals surface area contributed by atoms with Gasteiger partial charge in [-0.15, -0.1) is 0 Å². The standard InChI is InChI=1S/C29H40N8O3.C28H38N8O3/c1-29(2,3)40-28(39)36-18-13-34(14-19-36)15-20-37-25(38)10-5-22-21-30-27(32-26(22)37)31-23-6-8-24(9-7-23)35-16-11-33(4)12-17-35;1-28(2,3)39-27(38)35-17-14-33(15-18-35)16-19-36-24(37)9-4-21-20-30-26(32-25(21)36)31-22-5-7-23(8-6-22)34-12-10-29-11-13-34/h5-10,21H,11-20H2,1-4H3,(H,30,31,32);4-9,20,29H,10-19H2,1-3H3,(H,30,31,32). The summed E-state index contributed by atoms with van der Waals surface area (Å²) in [5, 5.41) is 11.6. The number of aromatic nitrogens is 6. The van der Waals surface area contributed by atoms with Crippen LogP contribution in [0.4, 0.5) is 44.2 Å². The zero-order chi connectivity index (χ0) is 55.7. The van der Waals surface area contributed by atoms with Crippen molar-refractivity contribution in [1.29, 1.82) is 0 Å². The maximum absolute atomic E-state index is 12.8.